The van der Waals surface area contributed by atoms with Crippen LogP contribution in [0.4, 0.5) is 5.69 Å². The van der Waals surface area contributed by atoms with Crippen molar-refractivity contribution in [3.8, 4) is 5.75 Å². The van der Waals surface area contributed by atoms with E-state index >= 15 is 0 Å². The molecular formula is C15H15N3O2. The molecule has 2 aromatic rings. The summed E-state index contributed by atoms with van der Waals surface area (Å²) in [4.78, 5) is 10.6. The van der Waals surface area contributed by atoms with Crippen molar-refractivity contribution < 1.29 is 9.53 Å². The monoisotopic (exact) mass is 269 g/mol. The minimum absolute atomic E-state index is 0.122. The number of rotatable bonds is 6. The molecular weight excluding hydrogens is 254 g/mol. The molecule has 20 heavy (non-hydrogen) atoms. The van der Waals surface area contributed by atoms with E-state index in [4.69, 9.17) is 10.5 Å². The molecule has 0 aromatic heterocycles. The molecule has 5 nitrogen and oxygen atoms in total. The van der Waals surface area contributed by atoms with Crippen LogP contribution in [-0.2, 0) is 4.79 Å². The number of nitrogens with zero attached hydrogens (tertiary/aromatic N) is 1. The fourth-order valence-electron chi connectivity index (χ4n) is 1.50. The van der Waals surface area contributed by atoms with Crippen molar-refractivity contribution in [1.82, 2.24) is 0 Å². The van der Waals surface area contributed by atoms with E-state index in [0.29, 0.717) is 5.75 Å². The Kier molecular flexibility index (Phi) is 4.72. The summed E-state index contributed by atoms with van der Waals surface area (Å²) in [6, 6.07) is 16.9. The van der Waals surface area contributed by atoms with E-state index in [-0.39, 0.29) is 6.61 Å². The molecule has 2 aromatic carbocycles. The van der Waals surface area contributed by atoms with Gasteiger partial charge in [-0.05, 0) is 42.0 Å². The quantitative estimate of drug-likeness (QED) is 0.622. The first-order valence-electron chi connectivity index (χ1n) is 6.09. The Hall–Kier alpha value is -2.82. The minimum atomic E-state index is -0.497. The summed E-state index contributed by atoms with van der Waals surface area (Å²) in [5, 5.41) is 4.13. The van der Waals surface area contributed by atoms with Gasteiger partial charge in [0.25, 0.3) is 5.91 Å². The summed E-state index contributed by atoms with van der Waals surface area (Å²) in [6.07, 6.45) is 1.70. The van der Waals surface area contributed by atoms with Crippen LogP contribution in [0.5, 0.6) is 5.75 Å². The third-order valence-corrected chi connectivity index (χ3v) is 2.44. The van der Waals surface area contributed by atoms with Crippen molar-refractivity contribution in [1.29, 1.82) is 0 Å². The molecule has 0 saturated heterocycles. The number of hydrogen-bond donors (Lipinski definition) is 2. The van der Waals surface area contributed by atoms with Gasteiger partial charge in [-0.15, -0.1) is 0 Å². The second kappa shape index (κ2) is 6.94. The Balaban J connectivity index is 1.88. The Morgan fingerprint density at radius 3 is 2.50 bits per heavy atom. The van der Waals surface area contributed by atoms with Crippen molar-refractivity contribution in [2.75, 3.05) is 12.0 Å². The van der Waals surface area contributed by atoms with Crippen molar-refractivity contribution in [2.24, 2.45) is 10.8 Å². The minimum Gasteiger partial charge on any atom is -0.484 e. The lowest BCUT2D eigenvalue weighted by molar-refractivity contribution is -0.119. The fourth-order valence-corrected chi connectivity index (χ4v) is 1.50. The zero-order valence-electron chi connectivity index (χ0n) is 10.8. The van der Waals surface area contributed by atoms with Crippen LogP contribution >= 0.6 is 0 Å². The number of para-hydroxylation sites is 1. The zero-order chi connectivity index (χ0) is 14.2. The van der Waals surface area contributed by atoms with Gasteiger partial charge in [-0.1, -0.05) is 18.2 Å². The number of hydrogen-bond acceptors (Lipinski definition) is 4. The molecule has 2 rings (SSSR count). The molecule has 0 atom stereocenters. The average molecular weight is 269 g/mol. The second-order valence-electron chi connectivity index (χ2n) is 4.06. The van der Waals surface area contributed by atoms with Crippen molar-refractivity contribution in [3.05, 3.63) is 60.2 Å². The largest absolute Gasteiger partial charge is 0.484 e. The van der Waals surface area contributed by atoms with Gasteiger partial charge < -0.3 is 10.5 Å². The molecule has 0 fully saturated rings. The van der Waals surface area contributed by atoms with Crippen molar-refractivity contribution in [2.45, 2.75) is 0 Å². The molecule has 0 spiro atoms. The number of carbonyl (C=O) groups excluding carboxylic acids is 1. The molecule has 0 aliphatic carbocycles. The summed E-state index contributed by atoms with van der Waals surface area (Å²) in [5.74, 6) is 0.0969. The molecule has 0 unspecified atom stereocenters. The first-order chi connectivity index (χ1) is 9.74. The highest BCUT2D eigenvalue weighted by Crippen LogP contribution is 2.11. The first kappa shape index (κ1) is 13.6. The maximum atomic E-state index is 10.6. The van der Waals surface area contributed by atoms with Gasteiger partial charge in [0.1, 0.15) is 5.75 Å². The number of primary amides is 1. The van der Waals surface area contributed by atoms with Crippen LogP contribution in [0.2, 0.25) is 0 Å². The molecule has 3 N–H and O–H groups in total. The highest BCUT2D eigenvalue weighted by molar-refractivity contribution is 5.80. The molecule has 0 saturated carbocycles. The lowest BCUT2D eigenvalue weighted by Gasteiger charge is -2.03. The van der Waals surface area contributed by atoms with Gasteiger partial charge in [0.05, 0.1) is 11.9 Å². The Bertz CT molecular complexity index is 580. The van der Waals surface area contributed by atoms with Gasteiger partial charge >= 0.3 is 0 Å². The Morgan fingerprint density at radius 2 is 1.85 bits per heavy atom. The predicted molar refractivity (Wildman–Crippen MR) is 78.8 cm³/mol. The van der Waals surface area contributed by atoms with Crippen molar-refractivity contribution >= 4 is 17.8 Å². The second-order valence-corrected chi connectivity index (χ2v) is 4.06. The normalized spacial score (nSPS) is 10.4. The van der Waals surface area contributed by atoms with Crippen LogP contribution in [0.15, 0.2) is 59.7 Å². The number of nitrogens with two attached hydrogens (primary N) is 1. The maximum absolute atomic E-state index is 10.6. The zero-order valence-corrected chi connectivity index (χ0v) is 10.8. The maximum Gasteiger partial charge on any atom is 0.255 e. The third-order valence-electron chi connectivity index (χ3n) is 2.44. The van der Waals surface area contributed by atoms with Gasteiger partial charge in [0, 0.05) is 0 Å². The Morgan fingerprint density at radius 1 is 1.15 bits per heavy atom. The molecule has 1 amide bonds. The number of hydrazone groups is 1. The summed E-state index contributed by atoms with van der Waals surface area (Å²) in [5.41, 5.74) is 9.76. The number of anilines is 1. The summed E-state index contributed by atoms with van der Waals surface area (Å²) in [6.45, 7) is -0.122. The van der Waals surface area contributed by atoms with E-state index < -0.39 is 5.91 Å². The fraction of sp³-hybridized carbons (Fsp3) is 0.0667. The van der Waals surface area contributed by atoms with Crippen LogP contribution in [0.25, 0.3) is 0 Å². The third kappa shape index (κ3) is 4.45. The highest BCUT2D eigenvalue weighted by atomic mass is 16.5. The van der Waals surface area contributed by atoms with E-state index in [1.54, 1.807) is 18.3 Å². The summed E-state index contributed by atoms with van der Waals surface area (Å²) < 4.78 is 5.16. The first-order valence-corrected chi connectivity index (χ1v) is 6.09. The van der Waals surface area contributed by atoms with Crippen LogP contribution in [-0.4, -0.2) is 18.7 Å². The van der Waals surface area contributed by atoms with E-state index in [9.17, 15) is 4.79 Å². The summed E-state index contributed by atoms with van der Waals surface area (Å²) in [7, 11) is 0. The van der Waals surface area contributed by atoms with Crippen LogP contribution < -0.4 is 15.9 Å². The standard InChI is InChI=1S/C15H15N3O2/c16-15(19)11-20-14-8-6-12(7-9-14)10-17-18-13-4-2-1-3-5-13/h1-10,18H,11H2,(H2,16,19). The van der Waals surface area contributed by atoms with Crippen LogP contribution in [0.1, 0.15) is 5.56 Å². The number of benzene rings is 2. The highest BCUT2D eigenvalue weighted by Gasteiger charge is 1.97. The SMILES string of the molecule is NC(=O)COc1ccc(C=NNc2ccccc2)cc1. The van der Waals surface area contributed by atoms with Crippen molar-refractivity contribution in [3.63, 3.8) is 0 Å². The predicted octanol–water partition coefficient (Wildman–Crippen LogP) is 2.00. The lowest BCUT2D eigenvalue weighted by atomic mass is 10.2. The topological polar surface area (TPSA) is 76.7 Å². The van der Waals surface area contributed by atoms with Gasteiger partial charge in [-0.3, -0.25) is 10.2 Å². The van der Waals surface area contributed by atoms with Crippen LogP contribution in [0, 0.1) is 0 Å². The molecule has 5 heteroatoms. The summed E-state index contributed by atoms with van der Waals surface area (Å²) >= 11 is 0. The number of nitrogens with one attached hydrogen (secondary N) is 1. The van der Waals surface area contributed by atoms with Gasteiger partial charge in [-0.2, -0.15) is 5.10 Å². The van der Waals surface area contributed by atoms with Gasteiger partial charge in [-0.25, -0.2) is 0 Å². The van der Waals surface area contributed by atoms with Gasteiger partial charge in [0.2, 0.25) is 0 Å². The molecule has 0 aliphatic rings. The number of carbonyl (C=O) groups is 1. The smallest absolute Gasteiger partial charge is 0.255 e. The molecule has 0 radical (unpaired) electrons. The average Bonchev–Trinajstić information content (AvgIpc) is 2.47. The lowest BCUT2D eigenvalue weighted by Crippen LogP contribution is -2.19. The number of amides is 1. The number of ether oxygens (including phenoxy) is 1. The van der Waals surface area contributed by atoms with E-state index in [0.717, 1.165) is 11.3 Å². The van der Waals surface area contributed by atoms with Crippen LogP contribution in [0.3, 0.4) is 0 Å². The molecule has 0 aliphatic heterocycles. The van der Waals surface area contributed by atoms with E-state index in [1.165, 1.54) is 0 Å². The van der Waals surface area contributed by atoms with Gasteiger partial charge in [0.15, 0.2) is 6.61 Å². The van der Waals surface area contributed by atoms with E-state index in [2.05, 4.69) is 10.5 Å². The van der Waals surface area contributed by atoms with E-state index in [1.807, 2.05) is 42.5 Å². The molecule has 102 valence electrons. The Labute approximate surface area is 117 Å². The molecule has 0 bridgehead atoms. The molecule has 0 heterocycles.